The number of amides is 2. The number of hydrogen-bond donors (Lipinski definition) is 1. The van der Waals surface area contributed by atoms with Crippen LogP contribution in [0.5, 0.6) is 0 Å². The van der Waals surface area contributed by atoms with Crippen LogP contribution in [0.25, 0.3) is 0 Å². The molecule has 0 bridgehead atoms. The van der Waals surface area contributed by atoms with Crippen LogP contribution < -0.4 is 9.62 Å². The number of carbonyl (C=O) groups excluding carboxylic acids is 2. The Balaban J connectivity index is 2.09. The molecule has 1 N–H and O–H groups in total. The van der Waals surface area contributed by atoms with E-state index in [2.05, 4.69) is 21.2 Å². The Kier molecular flexibility index (Phi) is 10.0. The highest BCUT2D eigenvalue weighted by Crippen LogP contribution is 2.29. The number of anilines is 1. The van der Waals surface area contributed by atoms with Crippen LogP contribution in [0.3, 0.4) is 0 Å². The number of halogens is 3. The van der Waals surface area contributed by atoms with E-state index >= 15 is 0 Å². The van der Waals surface area contributed by atoms with Gasteiger partial charge >= 0.3 is 0 Å². The van der Waals surface area contributed by atoms with E-state index in [0.29, 0.717) is 20.1 Å². The number of benzene rings is 3. The van der Waals surface area contributed by atoms with Crippen LogP contribution in [0.1, 0.15) is 18.9 Å². The maximum absolute atomic E-state index is 13.9. The van der Waals surface area contributed by atoms with Gasteiger partial charge in [0.15, 0.2) is 0 Å². The van der Waals surface area contributed by atoms with Crippen molar-refractivity contribution >= 4 is 66.7 Å². The quantitative estimate of drug-likeness (QED) is 0.322. The van der Waals surface area contributed by atoms with Crippen molar-refractivity contribution in [2.45, 2.75) is 30.8 Å². The highest BCUT2D eigenvalue weighted by atomic mass is 79.9. The number of likely N-dealkylation sites (N-methyl/N-ethyl adjacent to an activating group) is 1. The number of hydrogen-bond acceptors (Lipinski definition) is 4. The van der Waals surface area contributed by atoms with Crippen molar-refractivity contribution in [1.29, 1.82) is 0 Å². The van der Waals surface area contributed by atoms with Gasteiger partial charge in [-0.1, -0.05) is 76.4 Å². The first kappa shape index (κ1) is 29.0. The van der Waals surface area contributed by atoms with Gasteiger partial charge in [0.25, 0.3) is 10.0 Å². The number of rotatable bonds is 10. The van der Waals surface area contributed by atoms with E-state index < -0.39 is 28.5 Å². The van der Waals surface area contributed by atoms with Gasteiger partial charge in [-0.2, -0.15) is 0 Å². The molecule has 0 aliphatic carbocycles. The summed E-state index contributed by atoms with van der Waals surface area (Å²) in [4.78, 5) is 28.0. The van der Waals surface area contributed by atoms with E-state index in [4.69, 9.17) is 23.2 Å². The molecule has 0 saturated carbocycles. The highest BCUT2D eigenvalue weighted by molar-refractivity contribution is 9.10. The molecule has 0 aliphatic heterocycles. The minimum atomic E-state index is -4.13. The predicted molar refractivity (Wildman–Crippen MR) is 150 cm³/mol. The zero-order chi connectivity index (χ0) is 27.2. The zero-order valence-electron chi connectivity index (χ0n) is 20.2. The monoisotopic (exact) mass is 625 g/mol. The highest BCUT2D eigenvalue weighted by Gasteiger charge is 2.34. The lowest BCUT2D eigenvalue weighted by Crippen LogP contribution is -2.51. The van der Waals surface area contributed by atoms with Crippen LogP contribution in [0.4, 0.5) is 5.69 Å². The second kappa shape index (κ2) is 12.8. The van der Waals surface area contributed by atoms with E-state index in [1.807, 2.05) is 0 Å². The van der Waals surface area contributed by atoms with E-state index in [-0.39, 0.29) is 29.5 Å². The maximum Gasteiger partial charge on any atom is 0.264 e. The maximum atomic E-state index is 13.9. The summed E-state index contributed by atoms with van der Waals surface area (Å²) in [6, 6.07) is 18.6. The zero-order valence-corrected chi connectivity index (χ0v) is 24.1. The first-order valence-electron chi connectivity index (χ1n) is 11.4. The molecular weight excluding hydrogens is 601 g/mol. The predicted octanol–water partition coefficient (Wildman–Crippen LogP) is 5.50. The van der Waals surface area contributed by atoms with E-state index in [1.54, 1.807) is 67.6 Å². The number of sulfonamides is 1. The van der Waals surface area contributed by atoms with Crippen LogP contribution in [0, 0.1) is 0 Å². The topological polar surface area (TPSA) is 86.8 Å². The van der Waals surface area contributed by atoms with Crippen molar-refractivity contribution in [1.82, 2.24) is 10.2 Å². The molecular formula is C26H26BrCl2N3O4S. The van der Waals surface area contributed by atoms with E-state index in [9.17, 15) is 18.0 Å². The third-order valence-corrected chi connectivity index (χ3v) is 8.72. The Morgan fingerprint density at radius 2 is 1.59 bits per heavy atom. The summed E-state index contributed by atoms with van der Waals surface area (Å²) < 4.78 is 29.1. The van der Waals surface area contributed by atoms with Crippen molar-refractivity contribution in [2.24, 2.45) is 0 Å². The molecule has 196 valence electrons. The molecule has 0 heterocycles. The number of carbonyl (C=O) groups is 2. The first-order chi connectivity index (χ1) is 17.6. The van der Waals surface area contributed by atoms with Gasteiger partial charge in [-0.3, -0.25) is 13.9 Å². The molecule has 0 spiro atoms. The summed E-state index contributed by atoms with van der Waals surface area (Å²) >= 11 is 16.1. The normalized spacial score (nSPS) is 12.0. The minimum absolute atomic E-state index is 0.0295. The van der Waals surface area contributed by atoms with Crippen molar-refractivity contribution in [3.63, 3.8) is 0 Å². The van der Waals surface area contributed by atoms with Gasteiger partial charge < -0.3 is 10.2 Å². The van der Waals surface area contributed by atoms with Crippen LogP contribution in [-0.4, -0.2) is 44.8 Å². The molecule has 1 atom stereocenters. The average Bonchev–Trinajstić information content (AvgIpc) is 2.88. The molecule has 37 heavy (non-hydrogen) atoms. The molecule has 0 saturated heterocycles. The van der Waals surface area contributed by atoms with Gasteiger partial charge in [-0.05, 0) is 48.9 Å². The van der Waals surface area contributed by atoms with Crippen LogP contribution in [-0.2, 0) is 26.2 Å². The summed E-state index contributed by atoms with van der Waals surface area (Å²) in [5, 5.41) is 3.24. The summed E-state index contributed by atoms with van der Waals surface area (Å²) in [5.41, 5.74) is 0.747. The summed E-state index contributed by atoms with van der Waals surface area (Å²) in [5.74, 6) is -0.982. The second-order valence-corrected chi connectivity index (χ2v) is 11.7. The Morgan fingerprint density at radius 1 is 0.973 bits per heavy atom. The smallest absolute Gasteiger partial charge is 0.264 e. The molecule has 0 radical (unpaired) electrons. The van der Waals surface area contributed by atoms with Crippen molar-refractivity contribution < 1.29 is 18.0 Å². The molecule has 0 aliphatic rings. The lowest BCUT2D eigenvalue weighted by Gasteiger charge is -2.33. The minimum Gasteiger partial charge on any atom is -0.357 e. The van der Waals surface area contributed by atoms with Crippen molar-refractivity contribution in [2.75, 3.05) is 17.9 Å². The molecule has 0 aromatic heterocycles. The summed E-state index contributed by atoms with van der Waals surface area (Å²) in [6.45, 7) is 1.13. The molecule has 7 nitrogen and oxygen atoms in total. The van der Waals surface area contributed by atoms with Gasteiger partial charge in [-0.25, -0.2) is 8.42 Å². The first-order valence-corrected chi connectivity index (χ1v) is 14.4. The Hall–Kier alpha value is -2.59. The Labute approximate surface area is 235 Å². The fraction of sp³-hybridized carbons (Fsp3) is 0.231. The number of nitrogens with zero attached hydrogens (tertiary/aromatic N) is 2. The largest absolute Gasteiger partial charge is 0.357 e. The van der Waals surface area contributed by atoms with Gasteiger partial charge in [0.1, 0.15) is 12.6 Å². The summed E-state index contributed by atoms with van der Waals surface area (Å²) in [6.07, 6.45) is 0.288. The molecule has 3 aromatic carbocycles. The second-order valence-electron chi connectivity index (χ2n) is 8.06. The molecule has 3 rings (SSSR count). The van der Waals surface area contributed by atoms with Crippen LogP contribution in [0.2, 0.25) is 10.0 Å². The molecule has 0 fully saturated rings. The van der Waals surface area contributed by atoms with Gasteiger partial charge in [0.2, 0.25) is 11.8 Å². The fourth-order valence-electron chi connectivity index (χ4n) is 3.82. The van der Waals surface area contributed by atoms with Gasteiger partial charge in [0.05, 0.1) is 10.6 Å². The Morgan fingerprint density at radius 3 is 2.16 bits per heavy atom. The lowest BCUT2D eigenvalue weighted by atomic mass is 10.1. The number of nitrogens with one attached hydrogen (secondary N) is 1. The standard InChI is InChI=1S/C26H26BrCl2N3O4S/c1-3-24(26(34)30-2)31(16-21-22(28)13-8-14-23(21)29)25(33)17-32(19-10-7-9-18(27)15-19)37(35,36)20-11-5-4-6-12-20/h4-15,24H,3,16-17H2,1-2H3,(H,30,34)/t24-/m1/s1. The van der Waals surface area contributed by atoms with E-state index in [0.717, 1.165) is 4.31 Å². The van der Waals surface area contributed by atoms with Gasteiger partial charge in [-0.15, -0.1) is 0 Å². The lowest BCUT2D eigenvalue weighted by molar-refractivity contribution is -0.140. The van der Waals surface area contributed by atoms with E-state index in [1.165, 1.54) is 24.1 Å². The third-order valence-electron chi connectivity index (χ3n) is 5.73. The van der Waals surface area contributed by atoms with Gasteiger partial charge in [0, 0.05) is 33.7 Å². The van der Waals surface area contributed by atoms with Crippen molar-refractivity contribution in [3.05, 3.63) is 92.9 Å². The third kappa shape index (κ3) is 6.84. The summed E-state index contributed by atoms with van der Waals surface area (Å²) in [7, 11) is -2.66. The fourth-order valence-corrected chi connectivity index (χ4v) is 6.15. The average molecular weight is 627 g/mol. The molecule has 11 heteroatoms. The molecule has 0 unspecified atom stereocenters. The Bertz CT molecular complexity index is 1350. The molecule has 2 amide bonds. The van der Waals surface area contributed by atoms with Crippen LogP contribution >= 0.6 is 39.1 Å². The van der Waals surface area contributed by atoms with Crippen LogP contribution in [0.15, 0.2) is 82.2 Å². The SMILES string of the molecule is CC[C@H](C(=O)NC)N(Cc1c(Cl)cccc1Cl)C(=O)CN(c1cccc(Br)c1)S(=O)(=O)c1ccccc1. The van der Waals surface area contributed by atoms with Crippen molar-refractivity contribution in [3.8, 4) is 0 Å². The molecule has 3 aromatic rings.